The van der Waals surface area contributed by atoms with Gasteiger partial charge in [0, 0.05) is 0 Å². The molecule has 2 rings (SSSR count). The van der Waals surface area contributed by atoms with Crippen molar-refractivity contribution in [2.45, 2.75) is 12.1 Å². The monoisotopic (exact) mass is 327 g/mol. The van der Waals surface area contributed by atoms with Crippen molar-refractivity contribution in [3.8, 4) is 0 Å². The molecule has 0 bridgehead atoms. The van der Waals surface area contributed by atoms with E-state index in [1.165, 1.54) is 15.1 Å². The van der Waals surface area contributed by atoms with Crippen molar-refractivity contribution >= 4 is 25.1 Å². The predicted molar refractivity (Wildman–Crippen MR) is 90.7 cm³/mol. The molecule has 0 radical (unpaired) electrons. The van der Waals surface area contributed by atoms with Crippen molar-refractivity contribution in [1.82, 2.24) is 5.32 Å². The van der Waals surface area contributed by atoms with E-state index in [0.29, 0.717) is 0 Å². The molecule has 2 aromatic rings. The zero-order valence-electron chi connectivity index (χ0n) is 12.0. The van der Waals surface area contributed by atoms with E-state index in [1.54, 1.807) is 0 Å². The summed E-state index contributed by atoms with van der Waals surface area (Å²) in [6.45, 7) is 4.34. The third-order valence-electron chi connectivity index (χ3n) is 3.11. The molecular weight excluding hydrogens is 305 g/mol. The van der Waals surface area contributed by atoms with Crippen molar-refractivity contribution in [2.75, 3.05) is 13.1 Å². The van der Waals surface area contributed by atoms with E-state index < -0.39 is 14.7 Å². The van der Waals surface area contributed by atoms with Gasteiger partial charge in [-0.05, 0) is 0 Å². The summed E-state index contributed by atoms with van der Waals surface area (Å²) < 4.78 is 1.53. The minimum absolute atomic E-state index is 1.05. The molecule has 1 nitrogen and oxygen atoms in total. The molecule has 0 aliphatic carbocycles. The van der Waals surface area contributed by atoms with Gasteiger partial charge in [0.25, 0.3) is 0 Å². The summed E-state index contributed by atoms with van der Waals surface area (Å²) in [6, 6.07) is 21.5. The molecule has 0 aliphatic heterocycles. The van der Waals surface area contributed by atoms with Gasteiger partial charge in [0.1, 0.15) is 0 Å². The Morgan fingerprint density at radius 3 is 2.25 bits per heavy atom. The molecule has 0 spiro atoms. The standard InChI is InChI=1S/C18H22AsN/c1-2-20-16-15-19(18-11-7-4-8-12-18)14-13-17-9-5-3-6-10-17/h3-14,20H,2,15-16H2,1H3. The van der Waals surface area contributed by atoms with Crippen LogP contribution in [-0.4, -0.2) is 27.7 Å². The second-order valence-corrected chi connectivity index (χ2v) is 9.23. The van der Waals surface area contributed by atoms with E-state index in [0.717, 1.165) is 13.1 Å². The summed E-state index contributed by atoms with van der Waals surface area (Å²) in [5, 5.41) is 4.72. The fourth-order valence-electron chi connectivity index (χ4n) is 2.03. The quantitative estimate of drug-likeness (QED) is 0.608. The van der Waals surface area contributed by atoms with Crippen molar-refractivity contribution in [2.24, 2.45) is 0 Å². The first-order chi connectivity index (χ1) is 9.90. The topological polar surface area (TPSA) is 12.0 Å². The van der Waals surface area contributed by atoms with Gasteiger partial charge in [-0.1, -0.05) is 0 Å². The van der Waals surface area contributed by atoms with E-state index >= 15 is 0 Å². The fourth-order valence-corrected chi connectivity index (χ4v) is 5.98. The molecule has 1 atom stereocenters. The summed E-state index contributed by atoms with van der Waals surface area (Å²) in [6.07, 6.45) is 2.29. The number of hydrogen-bond acceptors (Lipinski definition) is 1. The van der Waals surface area contributed by atoms with Gasteiger partial charge in [-0.25, -0.2) is 0 Å². The van der Waals surface area contributed by atoms with Gasteiger partial charge >= 0.3 is 127 Å². The van der Waals surface area contributed by atoms with Crippen LogP contribution in [0.15, 0.2) is 65.5 Å². The first kappa shape index (κ1) is 15.1. The van der Waals surface area contributed by atoms with Crippen LogP contribution in [0.3, 0.4) is 0 Å². The Bertz CT molecular complexity index is 507. The van der Waals surface area contributed by atoms with Gasteiger partial charge in [0.05, 0.1) is 0 Å². The summed E-state index contributed by atoms with van der Waals surface area (Å²) in [5.74, 6) is 0. The Morgan fingerprint density at radius 2 is 1.60 bits per heavy atom. The normalized spacial score (nSPS) is 12.7. The Labute approximate surface area is 127 Å². The molecule has 2 aromatic carbocycles. The SMILES string of the molecule is CCNCC[As](C=Cc1ccccc1)c1ccccc1. The predicted octanol–water partition coefficient (Wildman–Crippen LogP) is 3.25. The number of hydrogen-bond donors (Lipinski definition) is 1. The third-order valence-corrected chi connectivity index (χ3v) is 7.68. The van der Waals surface area contributed by atoms with Crippen LogP contribution in [0.5, 0.6) is 0 Å². The summed E-state index contributed by atoms with van der Waals surface area (Å²) in [7, 11) is 0. The van der Waals surface area contributed by atoms with E-state index in [1.807, 2.05) is 0 Å². The molecule has 1 unspecified atom stereocenters. The van der Waals surface area contributed by atoms with E-state index in [2.05, 4.69) is 83.8 Å². The maximum absolute atomic E-state index is 3.45. The molecular formula is C18H22AsN. The van der Waals surface area contributed by atoms with Crippen LogP contribution < -0.4 is 9.67 Å². The van der Waals surface area contributed by atoms with Crippen LogP contribution in [0.2, 0.25) is 5.21 Å². The molecule has 0 fully saturated rings. The number of nitrogens with one attached hydrogen (secondary N) is 1. The Morgan fingerprint density at radius 1 is 0.950 bits per heavy atom. The van der Waals surface area contributed by atoms with Gasteiger partial charge in [0.2, 0.25) is 0 Å². The first-order valence-electron chi connectivity index (χ1n) is 7.16. The summed E-state index contributed by atoms with van der Waals surface area (Å²) >= 11 is -1.11. The summed E-state index contributed by atoms with van der Waals surface area (Å²) in [4.78, 5) is 2.47. The van der Waals surface area contributed by atoms with Gasteiger partial charge < -0.3 is 0 Å². The number of rotatable bonds is 7. The molecule has 0 aliphatic rings. The molecule has 0 saturated carbocycles. The van der Waals surface area contributed by atoms with E-state index in [-0.39, 0.29) is 0 Å². The van der Waals surface area contributed by atoms with Crippen LogP contribution >= 0.6 is 0 Å². The van der Waals surface area contributed by atoms with Crippen LogP contribution in [0.25, 0.3) is 6.08 Å². The maximum atomic E-state index is 3.45. The van der Waals surface area contributed by atoms with Crippen LogP contribution in [0, 0.1) is 0 Å². The van der Waals surface area contributed by atoms with Crippen molar-refractivity contribution in [3.63, 3.8) is 0 Å². The van der Waals surface area contributed by atoms with Gasteiger partial charge in [0.15, 0.2) is 0 Å². The molecule has 0 heterocycles. The van der Waals surface area contributed by atoms with Gasteiger partial charge in [-0.15, -0.1) is 0 Å². The summed E-state index contributed by atoms with van der Waals surface area (Å²) in [5.41, 5.74) is 1.30. The molecule has 0 saturated heterocycles. The van der Waals surface area contributed by atoms with E-state index in [4.69, 9.17) is 0 Å². The molecule has 104 valence electrons. The number of benzene rings is 2. The van der Waals surface area contributed by atoms with Gasteiger partial charge in [-0.2, -0.15) is 0 Å². The van der Waals surface area contributed by atoms with Crippen molar-refractivity contribution in [3.05, 3.63) is 71.1 Å². The van der Waals surface area contributed by atoms with E-state index in [9.17, 15) is 0 Å². The second kappa shape index (κ2) is 8.79. The minimum atomic E-state index is -1.11. The third kappa shape index (κ3) is 5.00. The van der Waals surface area contributed by atoms with Crippen molar-refractivity contribution in [1.29, 1.82) is 0 Å². The molecule has 0 amide bonds. The molecule has 2 heteroatoms. The fraction of sp³-hybridized carbons (Fsp3) is 0.222. The Hall–Kier alpha value is -1.30. The zero-order valence-corrected chi connectivity index (χ0v) is 13.9. The zero-order chi connectivity index (χ0) is 14.0. The van der Waals surface area contributed by atoms with Gasteiger partial charge in [-0.3, -0.25) is 0 Å². The Balaban J connectivity index is 2.08. The van der Waals surface area contributed by atoms with Crippen LogP contribution in [0.1, 0.15) is 12.5 Å². The molecule has 1 N–H and O–H groups in total. The molecule has 20 heavy (non-hydrogen) atoms. The second-order valence-electron chi connectivity index (χ2n) is 4.61. The van der Waals surface area contributed by atoms with Crippen LogP contribution in [-0.2, 0) is 0 Å². The van der Waals surface area contributed by atoms with Crippen molar-refractivity contribution < 1.29 is 0 Å². The van der Waals surface area contributed by atoms with Crippen LogP contribution in [0.4, 0.5) is 0 Å². The average Bonchev–Trinajstić information content (AvgIpc) is 2.52. The molecule has 0 aromatic heterocycles. The average molecular weight is 327 g/mol. The first-order valence-corrected chi connectivity index (χ1v) is 10.5. The Kier molecular flexibility index (Phi) is 6.63.